The summed E-state index contributed by atoms with van der Waals surface area (Å²) in [6.45, 7) is 10.9. The zero-order chi connectivity index (χ0) is 27.5. The van der Waals surface area contributed by atoms with Crippen LogP contribution in [0.1, 0.15) is 90.8 Å². The number of aromatic nitrogens is 1. The van der Waals surface area contributed by atoms with E-state index in [9.17, 15) is 24.9 Å². The van der Waals surface area contributed by atoms with Crippen molar-refractivity contribution in [3.63, 3.8) is 0 Å². The van der Waals surface area contributed by atoms with Gasteiger partial charge in [0.1, 0.15) is 16.9 Å². The van der Waals surface area contributed by atoms with Crippen LogP contribution in [-0.2, 0) is 25.7 Å². The number of ether oxygens (including phenoxy) is 2. The normalized spacial score (nSPS) is 36.1. The van der Waals surface area contributed by atoms with Crippen LogP contribution >= 0.6 is 11.3 Å². The molecule has 0 aromatic carbocycles. The molecule has 2 aliphatic rings. The summed E-state index contributed by atoms with van der Waals surface area (Å²) in [5.41, 5.74) is -0.0928. The third-order valence-corrected chi connectivity index (χ3v) is 9.11. The number of Topliss-reactive ketones (excluding diaryl/α,β-unsaturated/α-hetero) is 1. The fraction of sp³-hybridized carbons (Fsp3) is 0.750. The summed E-state index contributed by atoms with van der Waals surface area (Å²) in [6.07, 6.45) is 2.08. The van der Waals surface area contributed by atoms with Gasteiger partial charge in [0.05, 0.1) is 48.0 Å². The van der Waals surface area contributed by atoms with Crippen molar-refractivity contribution in [3.05, 3.63) is 21.7 Å². The summed E-state index contributed by atoms with van der Waals surface area (Å²) < 4.78 is 11.9. The highest BCUT2D eigenvalue weighted by molar-refractivity contribution is 7.09. The molecule has 0 aliphatic carbocycles. The van der Waals surface area contributed by atoms with Crippen LogP contribution in [0.3, 0.4) is 0 Å². The van der Waals surface area contributed by atoms with Crippen molar-refractivity contribution in [3.8, 4) is 0 Å². The second kappa shape index (κ2) is 12.0. The molecule has 7 atom stereocenters. The van der Waals surface area contributed by atoms with Gasteiger partial charge in [0.15, 0.2) is 0 Å². The third-order valence-electron chi connectivity index (χ3n) is 8.26. The molecule has 1 aromatic heterocycles. The Morgan fingerprint density at radius 3 is 2.59 bits per heavy atom. The third kappa shape index (κ3) is 7.06. The highest BCUT2D eigenvalue weighted by Crippen LogP contribution is 2.45. The van der Waals surface area contributed by atoms with E-state index < -0.39 is 35.6 Å². The van der Waals surface area contributed by atoms with Crippen molar-refractivity contribution in [2.24, 2.45) is 17.3 Å². The number of aliphatic hydroxyl groups excluding tert-OH is 3. The zero-order valence-electron chi connectivity index (χ0n) is 22.9. The Bertz CT molecular complexity index is 989. The number of rotatable bonds is 4. The fourth-order valence-electron chi connectivity index (χ4n) is 5.31. The van der Waals surface area contributed by atoms with Gasteiger partial charge in [-0.25, -0.2) is 4.98 Å². The number of esters is 1. The van der Waals surface area contributed by atoms with Crippen LogP contribution in [0.5, 0.6) is 0 Å². The van der Waals surface area contributed by atoms with Gasteiger partial charge in [-0.1, -0.05) is 34.1 Å². The number of epoxide rings is 1. The molecule has 0 spiro atoms. The number of fused-ring (bicyclic) bond motifs is 1. The maximum absolute atomic E-state index is 13.5. The quantitative estimate of drug-likeness (QED) is 0.387. The molecule has 2 fully saturated rings. The van der Waals surface area contributed by atoms with Crippen LogP contribution < -0.4 is 0 Å². The van der Waals surface area contributed by atoms with Crippen molar-refractivity contribution in [2.45, 2.75) is 117 Å². The monoisotopic (exact) mass is 537 g/mol. The molecule has 9 heteroatoms. The van der Waals surface area contributed by atoms with Crippen molar-refractivity contribution in [1.29, 1.82) is 0 Å². The van der Waals surface area contributed by atoms with Crippen LogP contribution in [0, 0.1) is 17.3 Å². The van der Waals surface area contributed by atoms with Gasteiger partial charge in [-0.15, -0.1) is 11.3 Å². The van der Waals surface area contributed by atoms with E-state index in [1.807, 2.05) is 32.2 Å². The Balaban J connectivity index is 1.87. The SMILES string of the molecule is CCC1C(=O)C(C)(C)C(O)CC(=O)OC(C(C)=Cc2csc(CO)n2)CC2OC2(C)CCCC(C)C1O. The lowest BCUT2D eigenvalue weighted by Gasteiger charge is -2.35. The van der Waals surface area contributed by atoms with E-state index in [1.54, 1.807) is 13.8 Å². The lowest BCUT2D eigenvalue weighted by molar-refractivity contribution is -0.154. The van der Waals surface area contributed by atoms with Gasteiger partial charge < -0.3 is 24.8 Å². The Morgan fingerprint density at radius 2 is 1.97 bits per heavy atom. The van der Waals surface area contributed by atoms with Gasteiger partial charge in [0.2, 0.25) is 0 Å². The zero-order valence-corrected chi connectivity index (χ0v) is 23.7. The Hall–Kier alpha value is -1.65. The number of ketones is 1. The average molecular weight is 538 g/mol. The van der Waals surface area contributed by atoms with Gasteiger partial charge in [0.25, 0.3) is 0 Å². The summed E-state index contributed by atoms with van der Waals surface area (Å²) in [5.74, 6) is -1.55. The second-order valence-electron chi connectivity index (χ2n) is 11.5. The van der Waals surface area contributed by atoms with Gasteiger partial charge in [-0.3, -0.25) is 9.59 Å². The van der Waals surface area contributed by atoms with Crippen molar-refractivity contribution >= 4 is 29.2 Å². The molecule has 8 nitrogen and oxygen atoms in total. The van der Waals surface area contributed by atoms with Crippen molar-refractivity contribution < 1.29 is 34.4 Å². The van der Waals surface area contributed by atoms with Gasteiger partial charge in [0, 0.05) is 17.7 Å². The molecule has 2 saturated heterocycles. The van der Waals surface area contributed by atoms with Crippen molar-refractivity contribution in [2.75, 3.05) is 0 Å². The predicted molar refractivity (Wildman–Crippen MR) is 142 cm³/mol. The van der Waals surface area contributed by atoms with E-state index in [-0.39, 0.29) is 36.4 Å². The number of thiazole rings is 1. The molecular formula is C28H43NO7S. The summed E-state index contributed by atoms with van der Waals surface area (Å²) in [4.78, 5) is 30.8. The second-order valence-corrected chi connectivity index (χ2v) is 12.5. The van der Waals surface area contributed by atoms with Crippen LogP contribution in [0.2, 0.25) is 0 Å². The van der Waals surface area contributed by atoms with Crippen LogP contribution in [0.25, 0.3) is 6.08 Å². The summed E-state index contributed by atoms with van der Waals surface area (Å²) in [6, 6.07) is 0. The Morgan fingerprint density at radius 1 is 1.27 bits per heavy atom. The minimum atomic E-state index is -1.25. The fourth-order valence-corrected chi connectivity index (χ4v) is 5.92. The number of hydrogen-bond acceptors (Lipinski definition) is 9. The van der Waals surface area contributed by atoms with Crippen LogP contribution in [0.15, 0.2) is 11.0 Å². The highest BCUT2D eigenvalue weighted by atomic mass is 32.1. The molecule has 7 unspecified atom stereocenters. The number of hydrogen-bond donors (Lipinski definition) is 3. The van der Waals surface area contributed by atoms with E-state index >= 15 is 0 Å². The van der Waals surface area contributed by atoms with E-state index in [0.717, 1.165) is 24.8 Å². The minimum Gasteiger partial charge on any atom is -0.458 e. The van der Waals surface area contributed by atoms with E-state index in [0.29, 0.717) is 23.5 Å². The maximum atomic E-state index is 13.5. The first-order valence-electron chi connectivity index (χ1n) is 13.3. The largest absolute Gasteiger partial charge is 0.458 e. The molecule has 0 amide bonds. The molecule has 2 aliphatic heterocycles. The molecule has 0 saturated carbocycles. The lowest BCUT2D eigenvalue weighted by atomic mass is 9.71. The maximum Gasteiger partial charge on any atom is 0.309 e. The molecule has 37 heavy (non-hydrogen) atoms. The smallest absolute Gasteiger partial charge is 0.309 e. The highest BCUT2D eigenvalue weighted by Gasteiger charge is 2.53. The number of carbonyl (C=O) groups is 2. The minimum absolute atomic E-state index is 0.0830. The first-order valence-corrected chi connectivity index (χ1v) is 14.2. The molecule has 0 bridgehead atoms. The van der Waals surface area contributed by atoms with Gasteiger partial charge in [-0.2, -0.15) is 0 Å². The van der Waals surface area contributed by atoms with Crippen molar-refractivity contribution in [1.82, 2.24) is 4.98 Å². The number of carbonyl (C=O) groups excluding carboxylic acids is 2. The summed E-state index contributed by atoms with van der Waals surface area (Å²) in [7, 11) is 0. The topological polar surface area (TPSA) is 129 Å². The number of cyclic esters (lactones) is 1. The molecule has 3 heterocycles. The van der Waals surface area contributed by atoms with Crippen LogP contribution in [-0.4, -0.2) is 62.1 Å². The lowest BCUT2D eigenvalue weighted by Crippen LogP contribution is -2.46. The average Bonchev–Trinajstić information content (AvgIpc) is 3.24. The molecular weight excluding hydrogens is 494 g/mol. The van der Waals surface area contributed by atoms with Gasteiger partial charge >= 0.3 is 5.97 Å². The van der Waals surface area contributed by atoms with E-state index in [2.05, 4.69) is 11.9 Å². The first-order chi connectivity index (χ1) is 17.3. The molecule has 3 N–H and O–H groups in total. The molecule has 1 aromatic rings. The summed E-state index contributed by atoms with van der Waals surface area (Å²) >= 11 is 1.35. The predicted octanol–water partition coefficient (Wildman–Crippen LogP) is 4.05. The first kappa shape index (κ1) is 29.9. The molecule has 208 valence electrons. The molecule has 0 radical (unpaired) electrons. The standard InChI is InChI=1S/C28H43NO7S/c1-7-19-25(33)16(2)9-8-10-28(6)22(36-28)12-20(17(3)11-18-15-37-23(14-30)29-18)35-24(32)13-21(31)27(4,5)26(19)34/h11,15-16,19-22,25,30-31,33H,7-10,12-14H2,1-6H3. The number of aliphatic hydroxyl groups is 3. The van der Waals surface area contributed by atoms with Crippen LogP contribution in [0.4, 0.5) is 0 Å². The summed E-state index contributed by atoms with van der Waals surface area (Å²) in [5, 5.41) is 33.7. The molecule has 3 rings (SSSR count). The van der Waals surface area contributed by atoms with Gasteiger partial charge in [-0.05, 0) is 50.7 Å². The Labute approximate surface area is 224 Å². The van der Waals surface area contributed by atoms with E-state index in [4.69, 9.17) is 9.47 Å². The van der Waals surface area contributed by atoms with E-state index in [1.165, 1.54) is 11.3 Å². The number of nitrogens with zero attached hydrogens (tertiary/aromatic N) is 1. The Kier molecular flexibility index (Phi) is 9.72.